The highest BCUT2D eigenvalue weighted by molar-refractivity contribution is 5.61. The van der Waals surface area contributed by atoms with E-state index in [4.69, 9.17) is 0 Å². The molecule has 0 aromatic rings. The van der Waals surface area contributed by atoms with Crippen LogP contribution in [0.5, 0.6) is 0 Å². The van der Waals surface area contributed by atoms with E-state index in [0.717, 1.165) is 0 Å². The van der Waals surface area contributed by atoms with Crippen LogP contribution in [0.4, 0.5) is 4.79 Å². The zero-order valence-corrected chi connectivity index (χ0v) is 3.50. The van der Waals surface area contributed by atoms with Gasteiger partial charge in [0, 0.05) is 6.72 Å². The molecule has 0 aliphatic rings. The van der Waals surface area contributed by atoms with E-state index in [1.54, 1.807) is 0 Å². The minimum atomic E-state index is -1.57. The van der Waals surface area contributed by atoms with Crippen molar-refractivity contribution in [3.05, 3.63) is 0 Å². The molecule has 7 heavy (non-hydrogen) atoms. The number of amides is 1. The molecule has 0 rings (SSSR count). The Morgan fingerprint density at radius 3 is 2.43 bits per heavy atom. The number of nitrogens with two attached hydrogens (primary N) is 1. The topological polar surface area (TPSA) is 81.8 Å². The van der Waals surface area contributed by atoms with Crippen LogP contribution in [0.3, 0.4) is 0 Å². The predicted molar refractivity (Wildman–Crippen MR) is 21.0 cm³/mol. The molecule has 0 aromatic carbocycles. The van der Waals surface area contributed by atoms with Crippen LogP contribution in [0.25, 0.3) is 0 Å². The third kappa shape index (κ3) is 1.72. The maximum atomic E-state index is 9.49. The van der Waals surface area contributed by atoms with Crippen molar-refractivity contribution in [3.8, 4) is 0 Å². The lowest BCUT2D eigenvalue weighted by Gasteiger charge is -2.09. The van der Waals surface area contributed by atoms with Gasteiger partial charge in [0.25, 0.3) is 0 Å². The van der Waals surface area contributed by atoms with Gasteiger partial charge in [-0.25, -0.2) is 5.84 Å². The normalized spacial score (nSPS) is 7.57. The average molecular weight is 102 g/mol. The number of carboxylic acid groups (broad SMARTS) is 1. The van der Waals surface area contributed by atoms with Gasteiger partial charge in [0.1, 0.15) is 0 Å². The average Bonchev–Trinajstić information content (AvgIpc) is 1.65. The number of hydrogen-bond donors (Lipinski definition) is 1. The molecule has 0 radical (unpaired) electrons. The number of hydrazine groups is 1. The monoisotopic (exact) mass is 102 g/mol. The molecule has 0 fully saturated rings. The molecule has 0 aliphatic heterocycles. The lowest BCUT2D eigenvalue weighted by atomic mass is 11.2. The maximum Gasteiger partial charge on any atom is 0.177 e. The molecule has 0 aromatic heterocycles. The standard InChI is InChI=1S/C2H5N3O2/c1-4-5(3)2(6)7/h1,3H2,(H,6,7)/p-1. The van der Waals surface area contributed by atoms with Crippen molar-refractivity contribution >= 4 is 12.8 Å². The van der Waals surface area contributed by atoms with Crippen molar-refractivity contribution in [2.45, 2.75) is 0 Å². The predicted octanol–water partition coefficient (Wildman–Crippen LogP) is -1.88. The molecule has 0 aliphatic carbocycles. The second-order valence-corrected chi connectivity index (χ2v) is 0.752. The number of carbonyl (C=O) groups excluding carboxylic acids is 1. The van der Waals surface area contributed by atoms with Crippen molar-refractivity contribution in [1.82, 2.24) is 5.12 Å². The van der Waals surface area contributed by atoms with Crippen molar-refractivity contribution in [1.29, 1.82) is 0 Å². The molecule has 0 atom stereocenters. The molecule has 0 heterocycles. The largest absolute Gasteiger partial charge is 0.527 e. The van der Waals surface area contributed by atoms with Gasteiger partial charge in [-0.3, -0.25) is 0 Å². The Hall–Kier alpha value is -1.10. The van der Waals surface area contributed by atoms with Gasteiger partial charge in [0.15, 0.2) is 6.09 Å². The first-order valence-electron chi connectivity index (χ1n) is 1.41. The molecule has 2 N–H and O–H groups in total. The van der Waals surface area contributed by atoms with Gasteiger partial charge in [-0.1, -0.05) is 0 Å². The Labute approximate surface area is 40.0 Å². The first kappa shape index (κ1) is 5.90. The fourth-order valence-electron chi connectivity index (χ4n) is 0.0577. The van der Waals surface area contributed by atoms with E-state index in [1.165, 1.54) is 0 Å². The summed E-state index contributed by atoms with van der Waals surface area (Å²) >= 11 is 0. The first-order valence-corrected chi connectivity index (χ1v) is 1.41. The summed E-state index contributed by atoms with van der Waals surface area (Å²) in [6.45, 7) is 2.81. The van der Waals surface area contributed by atoms with Crippen LogP contribution in [-0.4, -0.2) is 17.9 Å². The van der Waals surface area contributed by atoms with Crippen molar-refractivity contribution in [3.63, 3.8) is 0 Å². The van der Waals surface area contributed by atoms with E-state index in [1.807, 2.05) is 0 Å². The Morgan fingerprint density at radius 1 is 2.00 bits per heavy atom. The minimum Gasteiger partial charge on any atom is -0.527 e. The summed E-state index contributed by atoms with van der Waals surface area (Å²) in [6, 6.07) is 0. The first-order chi connectivity index (χ1) is 3.18. The summed E-state index contributed by atoms with van der Waals surface area (Å²) in [4.78, 5) is 9.49. The third-order valence-electron chi connectivity index (χ3n) is 0.339. The molecule has 0 spiro atoms. The molecule has 5 heteroatoms. The summed E-state index contributed by atoms with van der Waals surface area (Å²) in [6.07, 6.45) is -1.57. The summed E-state index contributed by atoms with van der Waals surface area (Å²) < 4.78 is 0. The third-order valence-corrected chi connectivity index (χ3v) is 0.339. The Morgan fingerprint density at radius 2 is 2.43 bits per heavy atom. The van der Waals surface area contributed by atoms with E-state index in [-0.39, 0.29) is 5.12 Å². The van der Waals surface area contributed by atoms with Crippen LogP contribution in [-0.2, 0) is 0 Å². The molecule has 40 valence electrons. The van der Waals surface area contributed by atoms with Crippen LogP contribution in [0.2, 0.25) is 0 Å². The van der Waals surface area contributed by atoms with Gasteiger partial charge >= 0.3 is 0 Å². The van der Waals surface area contributed by atoms with Crippen LogP contribution in [0.15, 0.2) is 5.10 Å². The van der Waals surface area contributed by atoms with E-state index < -0.39 is 6.09 Å². The number of nitrogens with zero attached hydrogens (tertiary/aromatic N) is 2. The van der Waals surface area contributed by atoms with Gasteiger partial charge in [-0.15, -0.1) is 0 Å². The molecular formula is C2H4N3O2-. The Kier molecular flexibility index (Phi) is 1.80. The smallest absolute Gasteiger partial charge is 0.177 e. The van der Waals surface area contributed by atoms with E-state index >= 15 is 0 Å². The van der Waals surface area contributed by atoms with Crippen LogP contribution < -0.4 is 10.9 Å². The number of hydrogen-bond acceptors (Lipinski definition) is 4. The highest BCUT2D eigenvalue weighted by Crippen LogP contribution is 1.68. The minimum absolute atomic E-state index is 0.111. The molecule has 0 unspecified atom stereocenters. The Bertz CT molecular complexity index is 90.9. The highest BCUT2D eigenvalue weighted by atomic mass is 16.4. The van der Waals surface area contributed by atoms with Gasteiger partial charge in [-0.2, -0.15) is 10.2 Å². The van der Waals surface area contributed by atoms with Crippen LogP contribution in [0, 0.1) is 0 Å². The van der Waals surface area contributed by atoms with Crippen LogP contribution >= 0.6 is 0 Å². The fraction of sp³-hybridized carbons (Fsp3) is 0. The quantitative estimate of drug-likeness (QED) is 0.182. The second-order valence-electron chi connectivity index (χ2n) is 0.752. The summed E-state index contributed by atoms with van der Waals surface area (Å²) in [5.74, 6) is 4.56. The van der Waals surface area contributed by atoms with Crippen molar-refractivity contribution in [2.75, 3.05) is 0 Å². The number of hydrazone groups is 1. The summed E-state index contributed by atoms with van der Waals surface area (Å²) in [5.41, 5.74) is 0. The molecule has 0 bridgehead atoms. The SMILES string of the molecule is C=NN(N)C(=O)[O-]. The van der Waals surface area contributed by atoms with E-state index in [0.29, 0.717) is 0 Å². The van der Waals surface area contributed by atoms with Crippen LogP contribution in [0.1, 0.15) is 0 Å². The fourth-order valence-corrected chi connectivity index (χ4v) is 0.0577. The molecular weight excluding hydrogens is 98.0 g/mol. The Balaban J connectivity index is 3.55. The molecule has 1 amide bonds. The van der Waals surface area contributed by atoms with E-state index in [2.05, 4.69) is 17.7 Å². The molecule has 0 saturated heterocycles. The number of carbonyl (C=O) groups is 1. The van der Waals surface area contributed by atoms with E-state index in [9.17, 15) is 9.90 Å². The van der Waals surface area contributed by atoms with Crippen molar-refractivity contribution in [2.24, 2.45) is 10.9 Å². The summed E-state index contributed by atoms with van der Waals surface area (Å²) in [7, 11) is 0. The zero-order valence-electron chi connectivity index (χ0n) is 3.50. The maximum absolute atomic E-state index is 9.49. The summed E-state index contributed by atoms with van der Waals surface area (Å²) in [5, 5.41) is 12.4. The van der Waals surface area contributed by atoms with Gasteiger partial charge in [0.2, 0.25) is 0 Å². The van der Waals surface area contributed by atoms with Crippen molar-refractivity contribution < 1.29 is 9.90 Å². The second kappa shape index (κ2) is 2.14. The lowest BCUT2D eigenvalue weighted by molar-refractivity contribution is -0.266. The van der Waals surface area contributed by atoms with Gasteiger partial charge in [-0.05, 0) is 0 Å². The molecule has 5 nitrogen and oxygen atoms in total. The highest BCUT2D eigenvalue weighted by Gasteiger charge is 1.85. The zero-order chi connectivity index (χ0) is 5.86. The lowest BCUT2D eigenvalue weighted by Crippen LogP contribution is -2.41. The van der Waals surface area contributed by atoms with Gasteiger partial charge < -0.3 is 9.90 Å². The number of rotatable bonds is 1. The molecule has 0 saturated carbocycles. The van der Waals surface area contributed by atoms with Gasteiger partial charge in [0.05, 0.1) is 0 Å².